The van der Waals surface area contributed by atoms with E-state index in [9.17, 15) is 9.59 Å². The van der Waals surface area contributed by atoms with Crippen LogP contribution in [-0.4, -0.2) is 48.5 Å². The minimum absolute atomic E-state index is 0.144. The maximum absolute atomic E-state index is 13.3. The van der Waals surface area contributed by atoms with Crippen LogP contribution < -0.4 is 10.6 Å². The minimum atomic E-state index is -0.259. The number of thiazole rings is 1. The van der Waals surface area contributed by atoms with E-state index in [-0.39, 0.29) is 30.5 Å². The standard InChI is InChI=1S/C23H24Cl2N4O3S/c1-32-12-10-26-21(30)9-11-29(14-16-5-3-2-4-6-16)22(31)20-15-33-23(28-20)27-19-13-17(24)7-8-18(19)25/h2-8,13,15H,9-12,14H2,1H3,(H,26,30)(H,27,28). The Kier molecular flexibility index (Phi) is 9.50. The second-order valence-electron chi connectivity index (χ2n) is 7.09. The molecular formula is C23H24Cl2N4O3S. The highest BCUT2D eigenvalue weighted by Gasteiger charge is 2.20. The Morgan fingerprint density at radius 1 is 1.15 bits per heavy atom. The molecule has 7 nitrogen and oxygen atoms in total. The Morgan fingerprint density at radius 2 is 1.94 bits per heavy atom. The molecule has 3 rings (SSSR count). The molecule has 0 unspecified atom stereocenters. The van der Waals surface area contributed by atoms with Gasteiger partial charge in [0.15, 0.2) is 5.13 Å². The number of anilines is 2. The number of hydrogen-bond acceptors (Lipinski definition) is 6. The van der Waals surface area contributed by atoms with Crippen LogP contribution in [0, 0.1) is 0 Å². The third-order valence-corrected chi connectivity index (χ3v) is 5.96. The summed E-state index contributed by atoms with van der Waals surface area (Å²) < 4.78 is 4.94. The molecule has 0 spiro atoms. The van der Waals surface area contributed by atoms with Crippen LogP contribution in [0.25, 0.3) is 0 Å². The van der Waals surface area contributed by atoms with Crippen molar-refractivity contribution < 1.29 is 14.3 Å². The number of benzene rings is 2. The molecule has 0 aliphatic carbocycles. The number of methoxy groups -OCH3 is 1. The molecule has 10 heteroatoms. The quantitative estimate of drug-likeness (QED) is 0.358. The molecule has 0 fully saturated rings. The van der Waals surface area contributed by atoms with Crippen molar-refractivity contribution in [3.63, 3.8) is 0 Å². The molecule has 0 saturated heterocycles. The Morgan fingerprint density at radius 3 is 2.70 bits per heavy atom. The molecule has 3 aromatic rings. The van der Waals surface area contributed by atoms with Gasteiger partial charge in [-0.25, -0.2) is 4.98 Å². The summed E-state index contributed by atoms with van der Waals surface area (Å²) in [7, 11) is 1.57. The van der Waals surface area contributed by atoms with Crippen molar-refractivity contribution in [2.24, 2.45) is 0 Å². The number of ether oxygens (including phenoxy) is 1. The number of amides is 2. The van der Waals surface area contributed by atoms with Crippen molar-refractivity contribution in [3.05, 3.63) is 75.2 Å². The molecule has 0 saturated carbocycles. The molecule has 174 valence electrons. The first-order chi connectivity index (χ1) is 16.0. The van der Waals surface area contributed by atoms with Gasteiger partial charge < -0.3 is 20.3 Å². The molecule has 0 aliphatic rings. The van der Waals surface area contributed by atoms with Crippen molar-refractivity contribution in [2.45, 2.75) is 13.0 Å². The van der Waals surface area contributed by atoms with E-state index < -0.39 is 0 Å². The Labute approximate surface area is 206 Å². The van der Waals surface area contributed by atoms with Gasteiger partial charge in [0.2, 0.25) is 5.91 Å². The van der Waals surface area contributed by atoms with Crippen molar-refractivity contribution >= 4 is 57.2 Å². The summed E-state index contributed by atoms with van der Waals surface area (Å²) in [6.07, 6.45) is 0.176. The van der Waals surface area contributed by atoms with Crippen LogP contribution in [0.3, 0.4) is 0 Å². The van der Waals surface area contributed by atoms with Crippen molar-refractivity contribution in [3.8, 4) is 0 Å². The van der Waals surface area contributed by atoms with Gasteiger partial charge in [-0.05, 0) is 23.8 Å². The summed E-state index contributed by atoms with van der Waals surface area (Å²) in [6.45, 7) is 1.48. The van der Waals surface area contributed by atoms with Crippen LogP contribution in [0.4, 0.5) is 10.8 Å². The smallest absolute Gasteiger partial charge is 0.273 e. The summed E-state index contributed by atoms with van der Waals surface area (Å²) in [5.74, 6) is -0.404. The summed E-state index contributed by atoms with van der Waals surface area (Å²) in [5.41, 5.74) is 1.85. The van der Waals surface area contributed by atoms with Crippen LogP contribution in [-0.2, 0) is 16.1 Å². The molecule has 0 aliphatic heterocycles. The molecule has 2 aromatic carbocycles. The van der Waals surface area contributed by atoms with Crippen LogP contribution in [0.5, 0.6) is 0 Å². The zero-order valence-electron chi connectivity index (χ0n) is 18.0. The fourth-order valence-electron chi connectivity index (χ4n) is 2.97. The number of carbonyl (C=O) groups is 2. The number of aromatic nitrogens is 1. The number of nitrogens with zero attached hydrogens (tertiary/aromatic N) is 2. The van der Waals surface area contributed by atoms with Gasteiger partial charge in [-0.15, -0.1) is 11.3 Å². The molecule has 1 aromatic heterocycles. The van der Waals surface area contributed by atoms with Gasteiger partial charge >= 0.3 is 0 Å². The Bertz CT molecular complexity index is 1080. The van der Waals surface area contributed by atoms with Crippen molar-refractivity contribution in [2.75, 3.05) is 32.1 Å². The van der Waals surface area contributed by atoms with Gasteiger partial charge in [-0.2, -0.15) is 0 Å². The van der Waals surface area contributed by atoms with E-state index in [1.54, 1.807) is 35.6 Å². The third-order valence-electron chi connectivity index (χ3n) is 4.63. The fraction of sp³-hybridized carbons (Fsp3) is 0.261. The van der Waals surface area contributed by atoms with Crippen molar-refractivity contribution in [1.29, 1.82) is 0 Å². The normalized spacial score (nSPS) is 10.6. The van der Waals surface area contributed by atoms with E-state index in [0.717, 1.165) is 5.56 Å². The highest BCUT2D eigenvalue weighted by molar-refractivity contribution is 7.14. The molecule has 0 bridgehead atoms. The van der Waals surface area contributed by atoms with E-state index in [2.05, 4.69) is 15.6 Å². The SMILES string of the molecule is COCCNC(=O)CCN(Cc1ccccc1)C(=O)c1csc(Nc2cc(Cl)ccc2Cl)n1. The highest BCUT2D eigenvalue weighted by Crippen LogP contribution is 2.30. The zero-order valence-corrected chi connectivity index (χ0v) is 20.3. The van der Waals surface area contributed by atoms with Crippen molar-refractivity contribution in [1.82, 2.24) is 15.2 Å². The van der Waals surface area contributed by atoms with E-state index in [1.165, 1.54) is 11.3 Å². The van der Waals surface area contributed by atoms with E-state index >= 15 is 0 Å². The van der Waals surface area contributed by atoms with Crippen LogP contribution in [0.1, 0.15) is 22.5 Å². The third kappa shape index (κ3) is 7.71. The van der Waals surface area contributed by atoms with Crippen LogP contribution >= 0.6 is 34.5 Å². The zero-order chi connectivity index (χ0) is 23.6. The lowest BCUT2D eigenvalue weighted by molar-refractivity contribution is -0.121. The predicted molar refractivity (Wildman–Crippen MR) is 133 cm³/mol. The maximum Gasteiger partial charge on any atom is 0.273 e. The molecule has 0 atom stereocenters. The topological polar surface area (TPSA) is 83.6 Å². The van der Waals surface area contributed by atoms with Gasteiger partial charge in [-0.3, -0.25) is 9.59 Å². The second-order valence-corrected chi connectivity index (χ2v) is 8.79. The summed E-state index contributed by atoms with van der Waals surface area (Å²) in [6, 6.07) is 14.7. The number of halogens is 2. The fourth-order valence-corrected chi connectivity index (χ4v) is 4.01. The van der Waals surface area contributed by atoms with E-state index in [4.69, 9.17) is 27.9 Å². The Balaban J connectivity index is 1.70. The number of rotatable bonds is 11. The summed E-state index contributed by atoms with van der Waals surface area (Å²) in [4.78, 5) is 31.4. The summed E-state index contributed by atoms with van der Waals surface area (Å²) in [5, 5.41) is 9.10. The van der Waals surface area contributed by atoms with Gasteiger partial charge in [-0.1, -0.05) is 53.5 Å². The molecule has 2 N–H and O–H groups in total. The molecule has 2 amide bonds. The first kappa shape index (κ1) is 25.0. The number of hydrogen-bond donors (Lipinski definition) is 2. The highest BCUT2D eigenvalue weighted by atomic mass is 35.5. The number of nitrogens with one attached hydrogen (secondary N) is 2. The van der Waals surface area contributed by atoms with Gasteiger partial charge in [0.25, 0.3) is 5.91 Å². The largest absolute Gasteiger partial charge is 0.383 e. The van der Waals surface area contributed by atoms with Gasteiger partial charge in [0.05, 0.1) is 17.3 Å². The number of carbonyl (C=O) groups excluding carboxylic acids is 2. The maximum atomic E-state index is 13.3. The molecule has 1 heterocycles. The minimum Gasteiger partial charge on any atom is -0.383 e. The summed E-state index contributed by atoms with van der Waals surface area (Å²) >= 11 is 13.5. The predicted octanol–water partition coefficient (Wildman–Crippen LogP) is 4.99. The lowest BCUT2D eigenvalue weighted by Gasteiger charge is -2.22. The van der Waals surface area contributed by atoms with E-state index in [0.29, 0.717) is 40.6 Å². The first-order valence-electron chi connectivity index (χ1n) is 10.2. The average molecular weight is 507 g/mol. The van der Waals surface area contributed by atoms with Gasteiger partial charge in [0.1, 0.15) is 5.69 Å². The first-order valence-corrected chi connectivity index (χ1v) is 11.9. The van der Waals surface area contributed by atoms with E-state index in [1.807, 2.05) is 30.3 Å². The second kappa shape index (κ2) is 12.6. The molecule has 33 heavy (non-hydrogen) atoms. The lowest BCUT2D eigenvalue weighted by atomic mass is 10.2. The monoisotopic (exact) mass is 506 g/mol. The van der Waals surface area contributed by atoms with Gasteiger partial charge in [0, 0.05) is 43.6 Å². The van der Waals surface area contributed by atoms with Crippen LogP contribution in [0.2, 0.25) is 10.0 Å². The molecular weight excluding hydrogens is 483 g/mol. The van der Waals surface area contributed by atoms with Crippen LogP contribution in [0.15, 0.2) is 53.9 Å². The molecule has 0 radical (unpaired) electrons. The average Bonchev–Trinajstić information content (AvgIpc) is 3.28. The lowest BCUT2D eigenvalue weighted by Crippen LogP contribution is -2.35. The Hall–Kier alpha value is -2.65.